The molecule has 6 nitrogen and oxygen atoms in total. The van der Waals surface area contributed by atoms with Gasteiger partial charge >= 0.3 is 0 Å². The number of hydrogen-bond donors (Lipinski definition) is 3. The Balaban J connectivity index is 0.00000420. The van der Waals surface area contributed by atoms with Gasteiger partial charge in [-0.15, -0.1) is 24.0 Å². The minimum atomic E-state index is -0.294. The fourth-order valence-electron chi connectivity index (χ4n) is 3.17. The fraction of sp³-hybridized carbons (Fsp3) is 0.524. The van der Waals surface area contributed by atoms with E-state index in [0.717, 1.165) is 43.7 Å². The molecule has 0 amide bonds. The molecule has 29 heavy (non-hydrogen) atoms. The molecule has 1 aromatic carbocycles. The summed E-state index contributed by atoms with van der Waals surface area (Å²) < 4.78 is 16.3. The Bertz CT molecular complexity index is 759. The van der Waals surface area contributed by atoms with Gasteiger partial charge in [0.2, 0.25) is 0 Å². The van der Waals surface area contributed by atoms with Crippen molar-refractivity contribution in [2.24, 2.45) is 10.9 Å². The summed E-state index contributed by atoms with van der Waals surface area (Å²) >= 11 is 0. The summed E-state index contributed by atoms with van der Waals surface area (Å²) in [7, 11) is 0. The Morgan fingerprint density at radius 1 is 1.28 bits per heavy atom. The molecule has 0 radical (unpaired) electrons. The zero-order valence-electron chi connectivity index (χ0n) is 17.5. The van der Waals surface area contributed by atoms with E-state index in [2.05, 4.69) is 27.5 Å². The summed E-state index contributed by atoms with van der Waals surface area (Å²) in [6.07, 6.45) is 6.33. The monoisotopic (exact) mass is 517 g/mol. The van der Waals surface area contributed by atoms with Crippen LogP contribution in [0.25, 0.3) is 5.69 Å². The average Bonchev–Trinajstić information content (AvgIpc) is 3.10. The molecule has 162 valence electrons. The van der Waals surface area contributed by atoms with Crippen LogP contribution in [-0.4, -0.2) is 40.3 Å². The van der Waals surface area contributed by atoms with Crippen LogP contribution in [0.1, 0.15) is 44.5 Å². The predicted octanol–water partition coefficient (Wildman–Crippen LogP) is 3.79. The maximum Gasteiger partial charge on any atom is 0.191 e. The van der Waals surface area contributed by atoms with E-state index in [1.54, 1.807) is 23.0 Å². The molecular weight excluding hydrogens is 484 g/mol. The summed E-state index contributed by atoms with van der Waals surface area (Å²) in [5, 5.41) is 15.8. The zero-order valence-corrected chi connectivity index (χ0v) is 19.8. The van der Waals surface area contributed by atoms with Crippen LogP contribution in [0, 0.1) is 18.7 Å². The topological polar surface area (TPSA) is 74.5 Å². The molecule has 0 fully saturated rings. The Labute approximate surface area is 190 Å². The third-order valence-electron chi connectivity index (χ3n) is 4.65. The van der Waals surface area contributed by atoms with Crippen molar-refractivity contribution >= 4 is 29.9 Å². The van der Waals surface area contributed by atoms with E-state index in [4.69, 9.17) is 0 Å². The smallest absolute Gasteiger partial charge is 0.191 e. The van der Waals surface area contributed by atoms with Crippen molar-refractivity contribution < 1.29 is 9.50 Å². The highest BCUT2D eigenvalue weighted by atomic mass is 127. The van der Waals surface area contributed by atoms with Crippen molar-refractivity contribution in [3.05, 3.63) is 47.8 Å². The van der Waals surface area contributed by atoms with Crippen LogP contribution < -0.4 is 10.6 Å². The molecule has 0 aliphatic heterocycles. The van der Waals surface area contributed by atoms with Gasteiger partial charge in [0, 0.05) is 32.1 Å². The lowest BCUT2D eigenvalue weighted by Gasteiger charge is -2.18. The van der Waals surface area contributed by atoms with Crippen molar-refractivity contribution in [1.29, 1.82) is 0 Å². The van der Waals surface area contributed by atoms with Gasteiger partial charge < -0.3 is 20.3 Å². The molecule has 2 rings (SSSR count). The molecule has 2 aromatic rings. The summed E-state index contributed by atoms with van der Waals surface area (Å²) in [6, 6.07) is 5.16. The molecule has 0 aliphatic rings. The molecule has 0 saturated carbocycles. The lowest BCUT2D eigenvalue weighted by Crippen LogP contribution is -2.40. The Hall–Kier alpha value is -1.68. The molecule has 0 spiro atoms. The second-order valence-corrected chi connectivity index (χ2v) is 6.87. The van der Waals surface area contributed by atoms with Crippen LogP contribution in [0.3, 0.4) is 0 Å². The van der Waals surface area contributed by atoms with Crippen LogP contribution in [0.4, 0.5) is 4.39 Å². The van der Waals surface area contributed by atoms with Crippen molar-refractivity contribution in [2.45, 2.75) is 46.6 Å². The first kappa shape index (κ1) is 25.4. The Morgan fingerprint density at radius 2 is 2.07 bits per heavy atom. The molecule has 0 aliphatic carbocycles. The van der Waals surface area contributed by atoms with Crippen LogP contribution in [-0.2, 0) is 6.54 Å². The average molecular weight is 517 g/mol. The molecular formula is C21H33FIN5O. The number of guanidine groups is 1. The molecule has 0 saturated heterocycles. The van der Waals surface area contributed by atoms with E-state index < -0.39 is 0 Å². The number of nitrogens with one attached hydrogen (secondary N) is 2. The molecule has 1 aromatic heterocycles. The van der Waals surface area contributed by atoms with Crippen LogP contribution >= 0.6 is 24.0 Å². The number of aliphatic hydroxyl groups is 1. The predicted molar refractivity (Wildman–Crippen MR) is 127 cm³/mol. The molecule has 1 heterocycles. The van der Waals surface area contributed by atoms with E-state index in [0.29, 0.717) is 24.1 Å². The van der Waals surface area contributed by atoms with E-state index in [1.807, 2.05) is 19.9 Å². The quantitative estimate of drug-likeness (QED) is 0.255. The third kappa shape index (κ3) is 7.93. The number of aliphatic imine (C=N–C) groups is 1. The highest BCUT2D eigenvalue weighted by Gasteiger charge is 2.10. The van der Waals surface area contributed by atoms with Crippen molar-refractivity contribution in [1.82, 2.24) is 20.2 Å². The Kier molecular flexibility index (Phi) is 11.8. The number of nitrogens with zero attached hydrogens (tertiary/aromatic N) is 3. The van der Waals surface area contributed by atoms with Crippen molar-refractivity contribution in [2.75, 3.05) is 19.7 Å². The highest BCUT2D eigenvalue weighted by molar-refractivity contribution is 14.0. The molecule has 0 bridgehead atoms. The standard InChI is InChI=1S/C21H32FN5O.HI/c1-4-6-17(9-12-28)14-25-21(23-5-2)26-15-18-7-8-20(19(22)13-18)27-11-10-24-16(27)3;/h7-8,10-11,13,17,28H,4-6,9,12,14-15H2,1-3H3,(H2,23,25,26);1H. The number of aromatic nitrogens is 2. The molecule has 1 unspecified atom stereocenters. The lowest BCUT2D eigenvalue weighted by molar-refractivity contribution is 0.251. The number of aryl methyl sites for hydroxylation is 1. The summed E-state index contributed by atoms with van der Waals surface area (Å²) in [5.74, 6) is 1.57. The largest absolute Gasteiger partial charge is 0.396 e. The first-order valence-electron chi connectivity index (χ1n) is 10.0. The number of imidazole rings is 1. The van der Waals surface area contributed by atoms with E-state index in [-0.39, 0.29) is 36.4 Å². The van der Waals surface area contributed by atoms with Gasteiger partial charge in [0.1, 0.15) is 11.6 Å². The second-order valence-electron chi connectivity index (χ2n) is 6.87. The van der Waals surface area contributed by atoms with Gasteiger partial charge in [-0.3, -0.25) is 0 Å². The molecule has 3 N–H and O–H groups in total. The van der Waals surface area contributed by atoms with Gasteiger partial charge in [-0.05, 0) is 50.3 Å². The van der Waals surface area contributed by atoms with Gasteiger partial charge in [0.05, 0.1) is 12.2 Å². The Morgan fingerprint density at radius 3 is 2.66 bits per heavy atom. The summed E-state index contributed by atoms with van der Waals surface area (Å²) in [4.78, 5) is 8.71. The van der Waals surface area contributed by atoms with Crippen molar-refractivity contribution in [3.63, 3.8) is 0 Å². The van der Waals surface area contributed by atoms with Crippen LogP contribution in [0.5, 0.6) is 0 Å². The molecule has 1 atom stereocenters. The third-order valence-corrected chi connectivity index (χ3v) is 4.65. The first-order valence-corrected chi connectivity index (χ1v) is 10.0. The van der Waals surface area contributed by atoms with E-state index in [1.165, 1.54) is 6.07 Å². The van der Waals surface area contributed by atoms with E-state index in [9.17, 15) is 9.50 Å². The minimum Gasteiger partial charge on any atom is -0.396 e. The lowest BCUT2D eigenvalue weighted by atomic mass is 10.0. The SMILES string of the molecule is CCCC(CCO)CNC(=NCc1ccc(-n2ccnc2C)c(F)c1)NCC.I. The second kappa shape index (κ2) is 13.5. The normalized spacial score (nSPS) is 12.4. The summed E-state index contributed by atoms with van der Waals surface area (Å²) in [5.41, 5.74) is 1.29. The maximum absolute atomic E-state index is 14.5. The molecule has 8 heteroatoms. The number of hydrogen-bond acceptors (Lipinski definition) is 3. The maximum atomic E-state index is 14.5. The minimum absolute atomic E-state index is 0. The first-order chi connectivity index (χ1) is 13.6. The summed E-state index contributed by atoms with van der Waals surface area (Å²) in [6.45, 7) is 8.08. The van der Waals surface area contributed by atoms with Crippen LogP contribution in [0.2, 0.25) is 0 Å². The number of benzene rings is 1. The zero-order chi connectivity index (χ0) is 20.4. The van der Waals surface area contributed by atoms with Gasteiger partial charge in [-0.25, -0.2) is 14.4 Å². The van der Waals surface area contributed by atoms with Gasteiger partial charge in [0.25, 0.3) is 0 Å². The fourth-order valence-corrected chi connectivity index (χ4v) is 3.17. The van der Waals surface area contributed by atoms with E-state index >= 15 is 0 Å². The van der Waals surface area contributed by atoms with Gasteiger partial charge in [0.15, 0.2) is 5.96 Å². The number of aliphatic hydroxyl groups excluding tert-OH is 1. The highest BCUT2D eigenvalue weighted by Crippen LogP contribution is 2.17. The van der Waals surface area contributed by atoms with Crippen LogP contribution in [0.15, 0.2) is 35.6 Å². The van der Waals surface area contributed by atoms with Gasteiger partial charge in [-0.1, -0.05) is 19.4 Å². The number of halogens is 2. The van der Waals surface area contributed by atoms with Gasteiger partial charge in [-0.2, -0.15) is 0 Å². The number of rotatable bonds is 10. The van der Waals surface area contributed by atoms with Crippen molar-refractivity contribution in [3.8, 4) is 5.69 Å².